The third-order valence-corrected chi connectivity index (χ3v) is 4.87. The lowest BCUT2D eigenvalue weighted by Gasteiger charge is -2.29. The first-order valence-corrected chi connectivity index (χ1v) is 9.90. The van der Waals surface area contributed by atoms with Crippen LogP contribution in [0.3, 0.4) is 0 Å². The third-order valence-electron chi connectivity index (χ3n) is 4.64. The van der Waals surface area contributed by atoms with Gasteiger partial charge in [-0.15, -0.1) is 0 Å². The molecule has 0 aliphatic carbocycles. The van der Waals surface area contributed by atoms with Gasteiger partial charge in [0.05, 0.1) is 29.8 Å². The second-order valence-electron chi connectivity index (χ2n) is 6.79. The second-order valence-corrected chi connectivity index (χ2v) is 7.22. The van der Waals surface area contributed by atoms with E-state index in [0.29, 0.717) is 16.5 Å². The van der Waals surface area contributed by atoms with Gasteiger partial charge in [-0.3, -0.25) is 0 Å². The summed E-state index contributed by atoms with van der Waals surface area (Å²) in [5.41, 5.74) is 2.04. The van der Waals surface area contributed by atoms with Crippen LogP contribution in [0, 0.1) is 0 Å². The lowest BCUT2D eigenvalue weighted by atomic mass is 9.95. The Morgan fingerprint density at radius 3 is 2.65 bits per heavy atom. The Labute approximate surface area is 183 Å². The molecule has 1 aliphatic heterocycles. The molecular weight excluding hydrogens is 420 g/mol. The maximum atomic E-state index is 13.1. The number of carbonyl (C=O) groups excluding carboxylic acids is 2. The number of esters is 1. The molecule has 0 radical (unpaired) electrons. The summed E-state index contributed by atoms with van der Waals surface area (Å²) >= 11 is 6.01. The fourth-order valence-corrected chi connectivity index (χ4v) is 3.36. The maximum absolute atomic E-state index is 13.1. The van der Waals surface area contributed by atoms with E-state index in [9.17, 15) is 9.59 Å². The summed E-state index contributed by atoms with van der Waals surface area (Å²) in [5.74, 6) is -0.0672. The Balaban J connectivity index is 1.64. The summed E-state index contributed by atoms with van der Waals surface area (Å²) in [7, 11) is 0. The fourth-order valence-electron chi connectivity index (χ4n) is 3.18. The van der Waals surface area contributed by atoms with Gasteiger partial charge in [0.25, 0.3) is 0 Å². The summed E-state index contributed by atoms with van der Waals surface area (Å²) in [6, 6.07) is 16.6. The smallest absolute Gasteiger partial charge is 0.338 e. The molecule has 2 N–H and O–H groups in total. The van der Waals surface area contributed by atoms with Crippen LogP contribution in [0.25, 0.3) is 0 Å². The summed E-state index contributed by atoms with van der Waals surface area (Å²) in [6.45, 7) is -0.00996. The first-order valence-electron chi connectivity index (χ1n) is 9.52. The first kappa shape index (κ1) is 20.6. The van der Waals surface area contributed by atoms with Gasteiger partial charge in [-0.1, -0.05) is 48.0 Å². The molecule has 1 aliphatic rings. The van der Waals surface area contributed by atoms with E-state index in [-0.39, 0.29) is 18.8 Å². The maximum Gasteiger partial charge on any atom is 0.338 e. The highest BCUT2D eigenvalue weighted by Crippen LogP contribution is 2.28. The summed E-state index contributed by atoms with van der Waals surface area (Å²) in [5, 5.41) is 5.98. The van der Waals surface area contributed by atoms with Crippen molar-refractivity contribution >= 4 is 23.6 Å². The average Bonchev–Trinajstić information content (AvgIpc) is 3.30. The molecule has 7 nitrogen and oxygen atoms in total. The fraction of sp³-hybridized carbons (Fsp3) is 0.130. The van der Waals surface area contributed by atoms with Crippen molar-refractivity contribution in [2.75, 3.05) is 6.61 Å². The van der Waals surface area contributed by atoms with E-state index < -0.39 is 18.0 Å². The summed E-state index contributed by atoms with van der Waals surface area (Å²) < 4.78 is 16.3. The number of urea groups is 1. The number of amides is 2. The molecule has 0 fully saturated rings. The second kappa shape index (κ2) is 9.40. The zero-order valence-electron chi connectivity index (χ0n) is 16.3. The average molecular weight is 439 g/mol. The van der Waals surface area contributed by atoms with E-state index in [1.807, 2.05) is 30.3 Å². The van der Waals surface area contributed by atoms with E-state index in [4.69, 9.17) is 25.5 Å². The van der Waals surface area contributed by atoms with Crippen molar-refractivity contribution in [1.29, 1.82) is 0 Å². The molecular formula is C23H19ClN2O5. The standard InChI is InChI=1S/C23H19ClN2O5/c24-17-7-4-8-18(11-17)30-14-19-20(22(27)31-13-15-9-10-29-12-15)21(26-23(28)25-19)16-5-2-1-3-6-16/h1-12,21H,13-14H2,(H2,25,26,28). The molecule has 1 aromatic heterocycles. The number of carbonyl (C=O) groups is 2. The molecule has 0 saturated carbocycles. The predicted molar refractivity (Wildman–Crippen MR) is 113 cm³/mol. The number of hydrogen-bond donors (Lipinski definition) is 2. The normalized spacial score (nSPS) is 15.8. The Morgan fingerprint density at radius 1 is 1.06 bits per heavy atom. The van der Waals surface area contributed by atoms with Gasteiger partial charge in [0.1, 0.15) is 19.0 Å². The van der Waals surface area contributed by atoms with Crippen LogP contribution >= 0.6 is 11.6 Å². The Kier molecular flexibility index (Phi) is 6.24. The van der Waals surface area contributed by atoms with Gasteiger partial charge in [0, 0.05) is 10.6 Å². The van der Waals surface area contributed by atoms with Gasteiger partial charge in [-0.2, -0.15) is 0 Å². The molecule has 8 heteroatoms. The Morgan fingerprint density at radius 2 is 1.90 bits per heavy atom. The predicted octanol–water partition coefficient (Wildman–Crippen LogP) is 4.36. The molecule has 2 amide bonds. The van der Waals surface area contributed by atoms with E-state index >= 15 is 0 Å². The number of ether oxygens (including phenoxy) is 2. The minimum absolute atomic E-state index is 0.0384. The number of hydrogen-bond acceptors (Lipinski definition) is 5. The highest BCUT2D eigenvalue weighted by Gasteiger charge is 2.34. The SMILES string of the molecule is O=C1NC(COc2cccc(Cl)c2)=C(C(=O)OCc2ccoc2)C(c2ccccc2)N1. The molecule has 0 bridgehead atoms. The summed E-state index contributed by atoms with van der Waals surface area (Å²) in [4.78, 5) is 25.4. The van der Waals surface area contributed by atoms with Crippen LogP contribution in [-0.4, -0.2) is 18.6 Å². The van der Waals surface area contributed by atoms with Crippen molar-refractivity contribution in [1.82, 2.24) is 10.6 Å². The van der Waals surface area contributed by atoms with Crippen LogP contribution in [0.1, 0.15) is 17.2 Å². The van der Waals surface area contributed by atoms with Crippen LogP contribution in [0.2, 0.25) is 5.02 Å². The molecule has 4 rings (SSSR count). The number of benzene rings is 2. The van der Waals surface area contributed by atoms with Gasteiger partial charge < -0.3 is 24.5 Å². The first-order chi connectivity index (χ1) is 15.1. The summed E-state index contributed by atoms with van der Waals surface area (Å²) in [6.07, 6.45) is 3.00. The van der Waals surface area contributed by atoms with Crippen LogP contribution < -0.4 is 15.4 Å². The Bertz CT molecular complexity index is 1100. The van der Waals surface area contributed by atoms with E-state index in [1.54, 1.807) is 30.3 Å². The highest BCUT2D eigenvalue weighted by molar-refractivity contribution is 6.30. The zero-order chi connectivity index (χ0) is 21.6. The van der Waals surface area contributed by atoms with Crippen molar-refractivity contribution < 1.29 is 23.5 Å². The number of rotatable bonds is 7. The minimum Gasteiger partial charge on any atom is -0.487 e. The van der Waals surface area contributed by atoms with E-state index in [2.05, 4.69) is 10.6 Å². The van der Waals surface area contributed by atoms with Crippen LogP contribution in [0.4, 0.5) is 4.79 Å². The van der Waals surface area contributed by atoms with Crippen molar-refractivity contribution in [2.24, 2.45) is 0 Å². The van der Waals surface area contributed by atoms with Crippen LogP contribution in [-0.2, 0) is 16.1 Å². The quantitative estimate of drug-likeness (QED) is 0.535. The molecule has 158 valence electrons. The van der Waals surface area contributed by atoms with Gasteiger partial charge in [-0.25, -0.2) is 9.59 Å². The van der Waals surface area contributed by atoms with E-state index in [0.717, 1.165) is 11.1 Å². The number of nitrogens with one attached hydrogen (secondary N) is 2. The molecule has 1 unspecified atom stereocenters. The molecule has 0 spiro atoms. The van der Waals surface area contributed by atoms with Gasteiger partial charge in [-0.05, 0) is 29.8 Å². The van der Waals surface area contributed by atoms with Gasteiger partial charge >= 0.3 is 12.0 Å². The van der Waals surface area contributed by atoms with Crippen LogP contribution in [0.15, 0.2) is 88.9 Å². The lowest BCUT2D eigenvalue weighted by Crippen LogP contribution is -2.47. The molecule has 3 aromatic rings. The number of halogens is 1. The molecule has 2 heterocycles. The Hall–Kier alpha value is -3.71. The number of furan rings is 1. The van der Waals surface area contributed by atoms with Crippen molar-refractivity contribution in [3.05, 3.63) is 101 Å². The molecule has 31 heavy (non-hydrogen) atoms. The minimum atomic E-state index is -0.690. The van der Waals surface area contributed by atoms with Crippen molar-refractivity contribution in [2.45, 2.75) is 12.6 Å². The zero-order valence-corrected chi connectivity index (χ0v) is 17.1. The van der Waals surface area contributed by atoms with E-state index in [1.165, 1.54) is 12.5 Å². The van der Waals surface area contributed by atoms with Crippen molar-refractivity contribution in [3.63, 3.8) is 0 Å². The molecule has 2 aromatic carbocycles. The molecule has 1 atom stereocenters. The largest absolute Gasteiger partial charge is 0.487 e. The van der Waals surface area contributed by atoms with Gasteiger partial charge in [0.2, 0.25) is 0 Å². The topological polar surface area (TPSA) is 89.8 Å². The molecule has 0 saturated heterocycles. The van der Waals surface area contributed by atoms with Crippen molar-refractivity contribution in [3.8, 4) is 5.75 Å². The monoisotopic (exact) mass is 438 g/mol. The van der Waals surface area contributed by atoms with Crippen LogP contribution in [0.5, 0.6) is 5.75 Å². The lowest BCUT2D eigenvalue weighted by molar-refractivity contribution is -0.140. The third kappa shape index (κ3) is 5.07. The highest BCUT2D eigenvalue weighted by atomic mass is 35.5. The van der Waals surface area contributed by atoms with Gasteiger partial charge in [0.15, 0.2) is 0 Å².